The summed E-state index contributed by atoms with van der Waals surface area (Å²) < 4.78 is 0. The van der Waals surface area contributed by atoms with Crippen molar-refractivity contribution in [1.29, 1.82) is 0 Å². The SMILES string of the molecule is C.Cc1ccccc1-c1ccc2c(c1)C=CCC2. The molecular weight excluding hydrogens is 216 g/mol. The van der Waals surface area contributed by atoms with Crippen molar-refractivity contribution in [2.45, 2.75) is 27.2 Å². The first-order chi connectivity index (χ1) is 8.34. The van der Waals surface area contributed by atoms with Gasteiger partial charge in [0.05, 0.1) is 0 Å². The average molecular weight is 236 g/mol. The lowest BCUT2D eigenvalue weighted by Gasteiger charge is -2.13. The highest BCUT2D eigenvalue weighted by molar-refractivity contribution is 5.72. The van der Waals surface area contributed by atoms with Crippen LogP contribution in [-0.2, 0) is 6.42 Å². The molecule has 0 aliphatic heterocycles. The molecule has 0 amide bonds. The smallest absolute Gasteiger partial charge is 0.0155 e. The molecule has 2 aromatic rings. The molecule has 0 saturated heterocycles. The van der Waals surface area contributed by atoms with E-state index in [0.29, 0.717) is 0 Å². The molecule has 0 fully saturated rings. The van der Waals surface area contributed by atoms with E-state index in [9.17, 15) is 0 Å². The highest BCUT2D eigenvalue weighted by Crippen LogP contribution is 2.28. The lowest BCUT2D eigenvalue weighted by atomic mass is 9.92. The van der Waals surface area contributed by atoms with Crippen molar-refractivity contribution in [3.63, 3.8) is 0 Å². The molecule has 0 spiro atoms. The van der Waals surface area contributed by atoms with Crippen LogP contribution in [0.2, 0.25) is 0 Å². The fourth-order valence-electron chi connectivity index (χ4n) is 2.49. The Balaban J connectivity index is 0.00000120. The van der Waals surface area contributed by atoms with Gasteiger partial charge in [-0.15, -0.1) is 0 Å². The molecule has 0 heteroatoms. The van der Waals surface area contributed by atoms with Gasteiger partial charge in [0.25, 0.3) is 0 Å². The van der Waals surface area contributed by atoms with Crippen LogP contribution in [-0.4, -0.2) is 0 Å². The molecule has 0 radical (unpaired) electrons. The Hall–Kier alpha value is -1.82. The van der Waals surface area contributed by atoms with Crippen LogP contribution < -0.4 is 0 Å². The molecule has 1 aliphatic carbocycles. The van der Waals surface area contributed by atoms with Gasteiger partial charge in [-0.3, -0.25) is 0 Å². The number of allylic oxidation sites excluding steroid dienone is 1. The zero-order valence-corrected chi connectivity index (χ0v) is 10.1. The Kier molecular flexibility index (Phi) is 3.66. The molecule has 3 rings (SSSR count). The van der Waals surface area contributed by atoms with E-state index in [2.05, 4.69) is 61.5 Å². The van der Waals surface area contributed by atoms with E-state index in [1.165, 1.54) is 40.7 Å². The maximum atomic E-state index is 2.31. The molecular formula is C18H20. The lowest BCUT2D eigenvalue weighted by Crippen LogP contribution is -1.94. The monoisotopic (exact) mass is 236 g/mol. The van der Waals surface area contributed by atoms with Crippen molar-refractivity contribution in [2.24, 2.45) is 0 Å². The molecule has 0 saturated carbocycles. The number of rotatable bonds is 1. The second-order valence-corrected chi connectivity index (χ2v) is 4.67. The summed E-state index contributed by atoms with van der Waals surface area (Å²) in [4.78, 5) is 0. The summed E-state index contributed by atoms with van der Waals surface area (Å²) in [5.41, 5.74) is 6.87. The minimum atomic E-state index is 0. The molecule has 0 nitrogen and oxygen atoms in total. The summed E-state index contributed by atoms with van der Waals surface area (Å²) in [6.07, 6.45) is 6.88. The third-order valence-corrected chi connectivity index (χ3v) is 3.48. The van der Waals surface area contributed by atoms with Crippen molar-refractivity contribution in [2.75, 3.05) is 0 Å². The second kappa shape index (κ2) is 5.22. The predicted octanol–water partition coefficient (Wildman–Crippen LogP) is 5.26. The first kappa shape index (κ1) is 12.6. The molecule has 0 heterocycles. The van der Waals surface area contributed by atoms with Gasteiger partial charge in [0, 0.05) is 0 Å². The summed E-state index contributed by atoms with van der Waals surface area (Å²) in [7, 11) is 0. The average Bonchev–Trinajstić information content (AvgIpc) is 2.39. The van der Waals surface area contributed by atoms with Crippen LogP contribution >= 0.6 is 0 Å². The van der Waals surface area contributed by atoms with Gasteiger partial charge in [0.15, 0.2) is 0 Å². The molecule has 0 aromatic heterocycles. The van der Waals surface area contributed by atoms with Gasteiger partial charge in [-0.1, -0.05) is 56.0 Å². The standard InChI is InChI=1S/C17H16.CH4/c1-13-6-2-5-9-17(13)16-11-10-14-7-3-4-8-15(14)12-16;/h2,4-6,8-12H,3,7H2,1H3;1H4. The molecule has 0 N–H and O–H groups in total. The first-order valence-corrected chi connectivity index (χ1v) is 6.20. The number of benzene rings is 2. The summed E-state index contributed by atoms with van der Waals surface area (Å²) in [6.45, 7) is 2.17. The van der Waals surface area contributed by atoms with Crippen LogP contribution in [0, 0.1) is 6.92 Å². The van der Waals surface area contributed by atoms with Crippen molar-refractivity contribution in [3.05, 3.63) is 65.2 Å². The Morgan fingerprint density at radius 2 is 1.83 bits per heavy atom. The van der Waals surface area contributed by atoms with Gasteiger partial charge in [-0.25, -0.2) is 0 Å². The van der Waals surface area contributed by atoms with Crippen LogP contribution in [0.3, 0.4) is 0 Å². The van der Waals surface area contributed by atoms with Crippen LogP contribution in [0.1, 0.15) is 30.5 Å². The van der Waals surface area contributed by atoms with E-state index >= 15 is 0 Å². The normalized spacial score (nSPS) is 12.7. The Morgan fingerprint density at radius 1 is 1.00 bits per heavy atom. The van der Waals surface area contributed by atoms with E-state index in [-0.39, 0.29) is 7.43 Å². The van der Waals surface area contributed by atoms with Gasteiger partial charge in [0.1, 0.15) is 0 Å². The van der Waals surface area contributed by atoms with Crippen LogP contribution in [0.5, 0.6) is 0 Å². The zero-order valence-electron chi connectivity index (χ0n) is 10.1. The summed E-state index contributed by atoms with van der Waals surface area (Å²) in [5, 5.41) is 0. The maximum absolute atomic E-state index is 2.31. The number of aryl methyl sites for hydroxylation is 2. The second-order valence-electron chi connectivity index (χ2n) is 4.67. The van der Waals surface area contributed by atoms with Crippen molar-refractivity contribution >= 4 is 6.08 Å². The van der Waals surface area contributed by atoms with E-state index in [4.69, 9.17) is 0 Å². The molecule has 0 unspecified atom stereocenters. The summed E-state index contributed by atoms with van der Waals surface area (Å²) in [5.74, 6) is 0. The zero-order chi connectivity index (χ0) is 11.7. The van der Waals surface area contributed by atoms with E-state index in [1.54, 1.807) is 0 Å². The molecule has 92 valence electrons. The minimum Gasteiger partial charge on any atom is -0.0836 e. The largest absolute Gasteiger partial charge is 0.0836 e. The van der Waals surface area contributed by atoms with Crippen molar-refractivity contribution < 1.29 is 0 Å². The summed E-state index contributed by atoms with van der Waals surface area (Å²) >= 11 is 0. The van der Waals surface area contributed by atoms with Crippen molar-refractivity contribution in [1.82, 2.24) is 0 Å². The fraction of sp³-hybridized carbons (Fsp3) is 0.222. The van der Waals surface area contributed by atoms with Crippen molar-refractivity contribution in [3.8, 4) is 11.1 Å². The number of hydrogen-bond acceptors (Lipinski definition) is 0. The van der Waals surface area contributed by atoms with E-state index in [0.717, 1.165) is 0 Å². The molecule has 0 atom stereocenters. The quantitative estimate of drug-likeness (QED) is 0.633. The van der Waals surface area contributed by atoms with Gasteiger partial charge in [0.2, 0.25) is 0 Å². The summed E-state index contributed by atoms with van der Waals surface area (Å²) in [6, 6.07) is 15.4. The first-order valence-electron chi connectivity index (χ1n) is 6.20. The lowest BCUT2D eigenvalue weighted by molar-refractivity contribution is 0.986. The number of fused-ring (bicyclic) bond motifs is 1. The Morgan fingerprint density at radius 3 is 2.67 bits per heavy atom. The highest BCUT2D eigenvalue weighted by atomic mass is 14.1. The maximum Gasteiger partial charge on any atom is -0.0155 e. The van der Waals surface area contributed by atoms with Gasteiger partial charge < -0.3 is 0 Å². The molecule has 2 aromatic carbocycles. The minimum absolute atomic E-state index is 0. The predicted molar refractivity (Wildman–Crippen MR) is 80.7 cm³/mol. The third-order valence-electron chi connectivity index (χ3n) is 3.48. The topological polar surface area (TPSA) is 0 Å². The molecule has 0 bridgehead atoms. The number of hydrogen-bond donors (Lipinski definition) is 0. The van der Waals surface area contributed by atoms with Crippen LogP contribution in [0.15, 0.2) is 48.5 Å². The van der Waals surface area contributed by atoms with E-state index in [1.807, 2.05) is 0 Å². The molecule has 18 heavy (non-hydrogen) atoms. The molecule has 1 aliphatic rings. The third kappa shape index (κ3) is 2.24. The van der Waals surface area contributed by atoms with Gasteiger partial charge in [-0.2, -0.15) is 0 Å². The van der Waals surface area contributed by atoms with Gasteiger partial charge in [-0.05, 0) is 53.6 Å². The highest BCUT2D eigenvalue weighted by Gasteiger charge is 2.07. The van der Waals surface area contributed by atoms with E-state index < -0.39 is 0 Å². The Bertz CT molecular complexity index is 576. The Labute approximate surface area is 110 Å². The van der Waals surface area contributed by atoms with Crippen LogP contribution in [0.4, 0.5) is 0 Å². The van der Waals surface area contributed by atoms with Gasteiger partial charge >= 0.3 is 0 Å². The fourth-order valence-corrected chi connectivity index (χ4v) is 2.49. The van der Waals surface area contributed by atoms with Crippen LogP contribution in [0.25, 0.3) is 17.2 Å².